The van der Waals surface area contributed by atoms with Crippen LogP contribution in [0.5, 0.6) is 0 Å². The highest BCUT2D eigenvalue weighted by atomic mass is 14.9. The van der Waals surface area contributed by atoms with Gasteiger partial charge in [-0.15, -0.1) is 0 Å². The molecule has 20 heavy (non-hydrogen) atoms. The largest absolute Gasteiger partial charge is 0.310 e. The zero-order chi connectivity index (χ0) is 14.4. The molecule has 0 aliphatic carbocycles. The van der Waals surface area contributed by atoms with Crippen molar-refractivity contribution in [2.75, 3.05) is 6.54 Å². The normalized spacial score (nSPS) is 13.9. The van der Waals surface area contributed by atoms with Crippen molar-refractivity contribution in [3.05, 3.63) is 71.3 Å². The van der Waals surface area contributed by atoms with Crippen molar-refractivity contribution in [2.45, 2.75) is 39.2 Å². The highest BCUT2D eigenvalue weighted by Gasteiger charge is 2.22. The van der Waals surface area contributed by atoms with Gasteiger partial charge in [0.2, 0.25) is 0 Å². The van der Waals surface area contributed by atoms with E-state index < -0.39 is 0 Å². The minimum atomic E-state index is 0.382. The molecule has 1 heteroatoms. The quantitative estimate of drug-likeness (QED) is 0.789. The van der Waals surface area contributed by atoms with E-state index in [-0.39, 0.29) is 0 Å². The summed E-state index contributed by atoms with van der Waals surface area (Å²) in [5, 5.41) is 3.68. The molecule has 2 aromatic rings. The van der Waals surface area contributed by atoms with E-state index in [2.05, 4.69) is 80.7 Å². The second-order valence-corrected chi connectivity index (χ2v) is 5.37. The Labute approximate surface area is 123 Å². The third kappa shape index (κ3) is 3.49. The Morgan fingerprint density at radius 1 is 0.900 bits per heavy atom. The molecule has 0 heterocycles. The monoisotopic (exact) mass is 267 g/mol. The minimum absolute atomic E-state index is 0.382. The molecule has 2 aromatic carbocycles. The molecular weight excluding hydrogens is 242 g/mol. The topological polar surface area (TPSA) is 12.0 Å². The number of likely N-dealkylation sites (N-methyl/N-ethyl adjacent to an activating group) is 1. The van der Waals surface area contributed by atoms with E-state index in [0.29, 0.717) is 12.0 Å². The first-order valence-electron chi connectivity index (χ1n) is 7.61. The number of hydrogen-bond acceptors (Lipinski definition) is 1. The lowest BCUT2D eigenvalue weighted by atomic mass is 9.84. The van der Waals surface area contributed by atoms with Crippen LogP contribution in [0, 0.1) is 6.92 Å². The summed E-state index contributed by atoms with van der Waals surface area (Å²) in [5.41, 5.74) is 4.14. The molecule has 0 saturated carbocycles. The van der Waals surface area contributed by atoms with E-state index in [9.17, 15) is 0 Å². The molecule has 1 N–H and O–H groups in total. The van der Waals surface area contributed by atoms with Gasteiger partial charge in [0.25, 0.3) is 0 Å². The maximum absolute atomic E-state index is 3.68. The van der Waals surface area contributed by atoms with Crippen LogP contribution in [-0.4, -0.2) is 6.54 Å². The van der Waals surface area contributed by atoms with Crippen molar-refractivity contribution < 1.29 is 0 Å². The molecule has 0 radical (unpaired) electrons. The molecule has 0 aromatic heterocycles. The minimum Gasteiger partial charge on any atom is -0.310 e. The molecule has 106 valence electrons. The fourth-order valence-corrected chi connectivity index (χ4v) is 2.94. The summed E-state index contributed by atoms with van der Waals surface area (Å²) in [4.78, 5) is 0. The van der Waals surface area contributed by atoms with Gasteiger partial charge >= 0.3 is 0 Å². The van der Waals surface area contributed by atoms with E-state index in [0.717, 1.165) is 13.0 Å². The van der Waals surface area contributed by atoms with Gasteiger partial charge in [-0.1, -0.05) is 74.0 Å². The van der Waals surface area contributed by atoms with Gasteiger partial charge in [0, 0.05) is 12.0 Å². The smallest absolute Gasteiger partial charge is 0.0389 e. The SMILES string of the molecule is CCNC(c1cccc(C)c1)C(CC)c1ccccc1. The summed E-state index contributed by atoms with van der Waals surface area (Å²) in [6.45, 7) is 7.61. The molecule has 1 nitrogen and oxygen atoms in total. The van der Waals surface area contributed by atoms with Crippen LogP contribution in [0.25, 0.3) is 0 Å². The fourth-order valence-electron chi connectivity index (χ4n) is 2.94. The second kappa shape index (κ2) is 7.25. The summed E-state index contributed by atoms with van der Waals surface area (Å²) in [6, 6.07) is 20.1. The predicted molar refractivity (Wildman–Crippen MR) is 87.1 cm³/mol. The molecule has 0 saturated heterocycles. The lowest BCUT2D eigenvalue weighted by molar-refractivity contribution is 0.445. The van der Waals surface area contributed by atoms with Crippen LogP contribution in [0.4, 0.5) is 0 Å². The van der Waals surface area contributed by atoms with Gasteiger partial charge < -0.3 is 5.32 Å². The summed E-state index contributed by atoms with van der Waals surface area (Å²) >= 11 is 0. The van der Waals surface area contributed by atoms with Crippen molar-refractivity contribution in [3.63, 3.8) is 0 Å². The Hall–Kier alpha value is -1.60. The van der Waals surface area contributed by atoms with Crippen LogP contribution in [0.15, 0.2) is 54.6 Å². The van der Waals surface area contributed by atoms with Gasteiger partial charge in [-0.25, -0.2) is 0 Å². The van der Waals surface area contributed by atoms with E-state index in [1.165, 1.54) is 16.7 Å². The molecule has 0 spiro atoms. The first kappa shape index (κ1) is 14.8. The highest BCUT2D eigenvalue weighted by Crippen LogP contribution is 2.33. The predicted octanol–water partition coefficient (Wildman–Crippen LogP) is 4.84. The van der Waals surface area contributed by atoms with Gasteiger partial charge in [0.1, 0.15) is 0 Å². The molecule has 0 fully saturated rings. The number of aryl methyl sites for hydroxylation is 1. The second-order valence-electron chi connectivity index (χ2n) is 5.37. The standard InChI is InChI=1S/C19H25N/c1-4-18(16-11-7-6-8-12-16)19(20-5-2)17-13-9-10-15(3)14-17/h6-14,18-20H,4-5H2,1-3H3. The van der Waals surface area contributed by atoms with Gasteiger partial charge in [-0.3, -0.25) is 0 Å². The number of hydrogen-bond donors (Lipinski definition) is 1. The van der Waals surface area contributed by atoms with E-state index >= 15 is 0 Å². The van der Waals surface area contributed by atoms with Crippen molar-refractivity contribution in [1.82, 2.24) is 5.32 Å². The first-order chi connectivity index (χ1) is 9.76. The Morgan fingerprint density at radius 2 is 1.60 bits per heavy atom. The summed E-state index contributed by atoms with van der Waals surface area (Å²) in [5.74, 6) is 0.512. The van der Waals surface area contributed by atoms with Crippen LogP contribution in [-0.2, 0) is 0 Å². The Balaban J connectivity index is 2.35. The van der Waals surface area contributed by atoms with E-state index in [1.54, 1.807) is 0 Å². The molecule has 2 atom stereocenters. The molecular formula is C19H25N. The Kier molecular flexibility index (Phi) is 5.37. The number of rotatable bonds is 6. The Bertz CT molecular complexity index is 518. The molecule has 2 unspecified atom stereocenters. The fraction of sp³-hybridized carbons (Fsp3) is 0.368. The molecule has 0 aliphatic rings. The lowest BCUT2D eigenvalue weighted by Gasteiger charge is -2.28. The first-order valence-corrected chi connectivity index (χ1v) is 7.61. The maximum Gasteiger partial charge on any atom is 0.0389 e. The highest BCUT2D eigenvalue weighted by molar-refractivity contribution is 5.30. The van der Waals surface area contributed by atoms with Crippen molar-refractivity contribution in [1.29, 1.82) is 0 Å². The summed E-state index contributed by atoms with van der Waals surface area (Å²) in [7, 11) is 0. The summed E-state index contributed by atoms with van der Waals surface area (Å²) < 4.78 is 0. The van der Waals surface area contributed by atoms with E-state index in [1.807, 2.05) is 0 Å². The Morgan fingerprint density at radius 3 is 2.20 bits per heavy atom. The van der Waals surface area contributed by atoms with Crippen molar-refractivity contribution in [3.8, 4) is 0 Å². The molecule has 0 amide bonds. The molecule has 0 bridgehead atoms. The summed E-state index contributed by atoms with van der Waals surface area (Å²) in [6.07, 6.45) is 1.13. The van der Waals surface area contributed by atoms with Crippen LogP contribution in [0.2, 0.25) is 0 Å². The van der Waals surface area contributed by atoms with Crippen LogP contribution in [0.3, 0.4) is 0 Å². The maximum atomic E-state index is 3.68. The number of benzene rings is 2. The van der Waals surface area contributed by atoms with Crippen molar-refractivity contribution >= 4 is 0 Å². The number of nitrogens with one attached hydrogen (secondary N) is 1. The zero-order valence-corrected chi connectivity index (χ0v) is 12.8. The molecule has 2 rings (SSSR count). The average Bonchev–Trinajstić information content (AvgIpc) is 2.48. The van der Waals surface area contributed by atoms with Gasteiger partial charge in [-0.2, -0.15) is 0 Å². The van der Waals surface area contributed by atoms with Gasteiger partial charge in [0.15, 0.2) is 0 Å². The lowest BCUT2D eigenvalue weighted by Crippen LogP contribution is -2.27. The molecule has 0 aliphatic heterocycles. The van der Waals surface area contributed by atoms with Gasteiger partial charge in [0.05, 0.1) is 0 Å². The third-order valence-corrected chi connectivity index (χ3v) is 3.90. The van der Waals surface area contributed by atoms with E-state index in [4.69, 9.17) is 0 Å². The zero-order valence-electron chi connectivity index (χ0n) is 12.8. The van der Waals surface area contributed by atoms with Crippen LogP contribution >= 0.6 is 0 Å². The van der Waals surface area contributed by atoms with Crippen molar-refractivity contribution in [2.24, 2.45) is 0 Å². The average molecular weight is 267 g/mol. The third-order valence-electron chi connectivity index (χ3n) is 3.90. The van der Waals surface area contributed by atoms with Gasteiger partial charge in [-0.05, 0) is 31.0 Å². The van der Waals surface area contributed by atoms with Crippen LogP contribution in [0.1, 0.15) is 48.9 Å². The van der Waals surface area contributed by atoms with Crippen LogP contribution < -0.4 is 5.32 Å².